The molecule has 2 rings (SSSR count). The van der Waals surface area contributed by atoms with E-state index >= 15 is 0 Å². The number of Topliss-reactive ketones (excluding diaryl/α,β-unsaturated/α-hetero) is 1. The standard InChI is InChI=1S/C14H11Cl2NO2/c1-2-14(18)13-4-3-11(8-17-13)19-12-6-9(15)5-10(16)7-12/h3-8H,2H2,1H3. The first-order valence-electron chi connectivity index (χ1n) is 5.71. The number of carbonyl (C=O) groups excluding carboxylic acids is 1. The SMILES string of the molecule is CCC(=O)c1ccc(Oc2cc(Cl)cc(Cl)c2)cn1. The molecule has 5 heteroatoms. The number of nitrogens with zero attached hydrogens (tertiary/aromatic N) is 1. The van der Waals surface area contributed by atoms with Gasteiger partial charge in [0.2, 0.25) is 0 Å². The number of hydrogen-bond acceptors (Lipinski definition) is 3. The third-order valence-electron chi connectivity index (χ3n) is 2.41. The molecule has 0 saturated carbocycles. The van der Waals surface area contributed by atoms with E-state index in [0.29, 0.717) is 33.7 Å². The average molecular weight is 296 g/mol. The summed E-state index contributed by atoms with van der Waals surface area (Å²) < 4.78 is 5.57. The van der Waals surface area contributed by atoms with Crippen molar-refractivity contribution in [1.29, 1.82) is 0 Å². The molecule has 0 atom stereocenters. The lowest BCUT2D eigenvalue weighted by Gasteiger charge is -2.06. The zero-order valence-corrected chi connectivity index (χ0v) is 11.7. The number of pyridine rings is 1. The van der Waals surface area contributed by atoms with Gasteiger partial charge >= 0.3 is 0 Å². The maximum absolute atomic E-state index is 11.4. The van der Waals surface area contributed by atoms with E-state index in [2.05, 4.69) is 4.98 Å². The Labute approximate surface area is 121 Å². The van der Waals surface area contributed by atoms with E-state index in [1.165, 1.54) is 6.20 Å². The van der Waals surface area contributed by atoms with Crippen LogP contribution < -0.4 is 4.74 Å². The van der Waals surface area contributed by atoms with Crippen molar-refractivity contribution in [3.8, 4) is 11.5 Å². The van der Waals surface area contributed by atoms with Crippen molar-refractivity contribution in [2.45, 2.75) is 13.3 Å². The van der Waals surface area contributed by atoms with Crippen LogP contribution in [-0.2, 0) is 0 Å². The molecular formula is C14H11Cl2NO2. The number of ketones is 1. The predicted octanol–water partition coefficient (Wildman–Crippen LogP) is 4.77. The second-order valence-electron chi connectivity index (χ2n) is 3.86. The Morgan fingerprint density at radius 2 is 1.84 bits per heavy atom. The monoisotopic (exact) mass is 295 g/mol. The van der Waals surface area contributed by atoms with E-state index in [1.807, 2.05) is 0 Å². The van der Waals surface area contributed by atoms with Crippen molar-refractivity contribution in [2.75, 3.05) is 0 Å². The fraction of sp³-hybridized carbons (Fsp3) is 0.143. The molecule has 0 saturated heterocycles. The van der Waals surface area contributed by atoms with E-state index in [4.69, 9.17) is 27.9 Å². The molecule has 0 aliphatic carbocycles. The summed E-state index contributed by atoms with van der Waals surface area (Å²) in [6.45, 7) is 1.79. The molecule has 1 aromatic carbocycles. The van der Waals surface area contributed by atoms with E-state index < -0.39 is 0 Å². The van der Waals surface area contributed by atoms with E-state index in [0.717, 1.165) is 0 Å². The van der Waals surface area contributed by atoms with Crippen LogP contribution in [0.25, 0.3) is 0 Å². The first-order valence-corrected chi connectivity index (χ1v) is 6.47. The minimum Gasteiger partial charge on any atom is -0.456 e. The Morgan fingerprint density at radius 1 is 1.16 bits per heavy atom. The highest BCUT2D eigenvalue weighted by Crippen LogP contribution is 2.28. The molecular weight excluding hydrogens is 285 g/mol. The molecule has 0 fully saturated rings. The molecule has 0 radical (unpaired) electrons. The van der Waals surface area contributed by atoms with Crippen molar-refractivity contribution in [2.24, 2.45) is 0 Å². The highest BCUT2D eigenvalue weighted by molar-refractivity contribution is 6.34. The van der Waals surface area contributed by atoms with Crippen molar-refractivity contribution in [3.05, 3.63) is 52.3 Å². The first-order chi connectivity index (χ1) is 9.08. The molecule has 1 aromatic heterocycles. The summed E-state index contributed by atoms with van der Waals surface area (Å²) in [4.78, 5) is 15.5. The van der Waals surface area contributed by atoms with E-state index in [9.17, 15) is 4.79 Å². The van der Waals surface area contributed by atoms with Crippen LogP contribution in [0, 0.1) is 0 Å². The van der Waals surface area contributed by atoms with Crippen LogP contribution in [0.15, 0.2) is 36.5 Å². The quantitative estimate of drug-likeness (QED) is 0.763. The third-order valence-corrected chi connectivity index (χ3v) is 2.85. The van der Waals surface area contributed by atoms with Gasteiger partial charge in [0.15, 0.2) is 5.78 Å². The lowest BCUT2D eigenvalue weighted by Crippen LogP contribution is -1.99. The van der Waals surface area contributed by atoms with E-state index in [-0.39, 0.29) is 5.78 Å². The normalized spacial score (nSPS) is 10.3. The molecule has 0 N–H and O–H groups in total. The molecule has 0 bridgehead atoms. The second-order valence-corrected chi connectivity index (χ2v) is 4.74. The number of hydrogen-bond donors (Lipinski definition) is 0. The van der Waals surface area contributed by atoms with Crippen LogP contribution in [0.1, 0.15) is 23.8 Å². The highest BCUT2D eigenvalue weighted by atomic mass is 35.5. The summed E-state index contributed by atoms with van der Waals surface area (Å²) in [5.41, 5.74) is 0.430. The van der Waals surface area contributed by atoms with E-state index in [1.54, 1.807) is 37.3 Å². The zero-order chi connectivity index (χ0) is 13.8. The second kappa shape index (κ2) is 6.04. The van der Waals surface area contributed by atoms with Crippen LogP contribution in [0.5, 0.6) is 11.5 Å². The molecule has 0 aliphatic rings. The fourth-order valence-electron chi connectivity index (χ4n) is 1.51. The Kier molecular flexibility index (Phi) is 4.40. The van der Waals surface area contributed by atoms with Gasteiger partial charge in [-0.3, -0.25) is 4.79 Å². The molecule has 0 amide bonds. The maximum atomic E-state index is 11.4. The molecule has 0 aliphatic heterocycles. The molecule has 0 spiro atoms. The van der Waals surface area contributed by atoms with Crippen molar-refractivity contribution in [1.82, 2.24) is 4.98 Å². The first kappa shape index (κ1) is 13.8. The number of ether oxygens (including phenoxy) is 1. The Balaban J connectivity index is 2.17. The van der Waals surface area contributed by atoms with Gasteiger partial charge in [0, 0.05) is 16.5 Å². The largest absolute Gasteiger partial charge is 0.456 e. The molecule has 1 heterocycles. The summed E-state index contributed by atoms with van der Waals surface area (Å²) in [5.74, 6) is 1.04. The number of rotatable bonds is 4. The number of aromatic nitrogens is 1. The molecule has 98 valence electrons. The summed E-state index contributed by atoms with van der Waals surface area (Å²) in [6, 6.07) is 8.24. The topological polar surface area (TPSA) is 39.2 Å². The predicted molar refractivity (Wildman–Crippen MR) is 75.4 cm³/mol. The van der Waals surface area contributed by atoms with Gasteiger partial charge in [-0.1, -0.05) is 30.1 Å². The molecule has 0 unspecified atom stereocenters. The van der Waals surface area contributed by atoms with Crippen molar-refractivity contribution in [3.63, 3.8) is 0 Å². The van der Waals surface area contributed by atoms with Gasteiger partial charge in [-0.2, -0.15) is 0 Å². The van der Waals surface area contributed by atoms with Gasteiger partial charge in [-0.25, -0.2) is 4.98 Å². The van der Waals surface area contributed by atoms with Crippen molar-refractivity contribution < 1.29 is 9.53 Å². The third kappa shape index (κ3) is 3.69. The average Bonchev–Trinajstić information content (AvgIpc) is 2.37. The minimum absolute atomic E-state index is 0.00245. The van der Waals surface area contributed by atoms with Crippen LogP contribution >= 0.6 is 23.2 Å². The molecule has 19 heavy (non-hydrogen) atoms. The van der Waals surface area contributed by atoms with Gasteiger partial charge in [-0.05, 0) is 30.3 Å². The van der Waals surface area contributed by atoms with Gasteiger partial charge in [0.05, 0.1) is 6.20 Å². The lowest BCUT2D eigenvalue weighted by atomic mass is 10.2. The number of halogens is 2. The summed E-state index contributed by atoms with van der Waals surface area (Å²) in [5, 5.41) is 0.987. The van der Waals surface area contributed by atoms with Gasteiger partial charge in [0.25, 0.3) is 0 Å². The number of benzene rings is 1. The molecule has 2 aromatic rings. The van der Waals surface area contributed by atoms with Crippen LogP contribution in [-0.4, -0.2) is 10.8 Å². The highest BCUT2D eigenvalue weighted by Gasteiger charge is 2.06. The minimum atomic E-state index is -0.00245. The smallest absolute Gasteiger partial charge is 0.180 e. The van der Waals surface area contributed by atoms with Crippen LogP contribution in [0.4, 0.5) is 0 Å². The fourth-order valence-corrected chi connectivity index (χ4v) is 2.02. The molecule has 3 nitrogen and oxygen atoms in total. The van der Waals surface area contributed by atoms with Gasteiger partial charge < -0.3 is 4.74 Å². The van der Waals surface area contributed by atoms with Crippen LogP contribution in [0.2, 0.25) is 10.0 Å². The Morgan fingerprint density at radius 3 is 2.37 bits per heavy atom. The van der Waals surface area contributed by atoms with Gasteiger partial charge in [0.1, 0.15) is 17.2 Å². The van der Waals surface area contributed by atoms with Crippen molar-refractivity contribution >= 4 is 29.0 Å². The maximum Gasteiger partial charge on any atom is 0.180 e. The summed E-state index contributed by atoms with van der Waals surface area (Å²) in [7, 11) is 0. The Bertz CT molecular complexity index is 577. The van der Waals surface area contributed by atoms with Crippen LogP contribution in [0.3, 0.4) is 0 Å². The Hall–Kier alpha value is -1.58. The van der Waals surface area contributed by atoms with Gasteiger partial charge in [-0.15, -0.1) is 0 Å². The zero-order valence-electron chi connectivity index (χ0n) is 10.2. The number of carbonyl (C=O) groups is 1. The summed E-state index contributed by atoms with van der Waals surface area (Å²) >= 11 is 11.8. The summed E-state index contributed by atoms with van der Waals surface area (Å²) in [6.07, 6.45) is 1.93. The lowest BCUT2D eigenvalue weighted by molar-refractivity contribution is 0.0983.